The number of para-hydroxylation sites is 2. The maximum Gasteiger partial charge on any atom is 0.274 e. The lowest BCUT2D eigenvalue weighted by Crippen LogP contribution is -2.29. The van der Waals surface area contributed by atoms with E-state index in [9.17, 15) is 4.79 Å². The maximum absolute atomic E-state index is 12.8. The molecule has 7 nitrogen and oxygen atoms in total. The highest BCUT2D eigenvalue weighted by Gasteiger charge is 2.26. The van der Waals surface area contributed by atoms with Gasteiger partial charge in [0.1, 0.15) is 18.7 Å². The maximum atomic E-state index is 12.8. The van der Waals surface area contributed by atoms with Crippen molar-refractivity contribution in [3.05, 3.63) is 59.9 Å². The quantitative estimate of drug-likeness (QED) is 0.737. The van der Waals surface area contributed by atoms with Crippen LogP contribution in [0, 0.1) is 0 Å². The van der Waals surface area contributed by atoms with Gasteiger partial charge in [-0.15, -0.1) is 0 Å². The summed E-state index contributed by atoms with van der Waals surface area (Å²) in [5.74, 6) is 0.664. The predicted octanol–water partition coefficient (Wildman–Crippen LogP) is 1.77. The Hall–Kier alpha value is -3.09. The number of ether oxygens (including phenoxy) is 1. The van der Waals surface area contributed by atoms with Crippen molar-refractivity contribution in [2.75, 3.05) is 7.05 Å². The summed E-state index contributed by atoms with van der Waals surface area (Å²) in [6.45, 7) is 0.802. The summed E-state index contributed by atoms with van der Waals surface area (Å²) >= 11 is 0. The molecule has 3 aromatic rings. The van der Waals surface area contributed by atoms with E-state index >= 15 is 0 Å². The molecule has 0 fully saturated rings. The monoisotopic (exact) mass is 323 g/mol. The lowest BCUT2D eigenvalue weighted by atomic mass is 10.2. The van der Waals surface area contributed by atoms with Crippen LogP contribution in [0.15, 0.2) is 42.9 Å². The van der Waals surface area contributed by atoms with Crippen LogP contribution in [-0.4, -0.2) is 37.2 Å². The van der Waals surface area contributed by atoms with Crippen molar-refractivity contribution < 1.29 is 9.53 Å². The van der Waals surface area contributed by atoms with Gasteiger partial charge in [0.2, 0.25) is 0 Å². The molecule has 1 aliphatic rings. The Bertz CT molecular complexity index is 911. The molecule has 122 valence electrons. The summed E-state index contributed by atoms with van der Waals surface area (Å²) in [4.78, 5) is 18.8. The predicted molar refractivity (Wildman–Crippen MR) is 86.9 cm³/mol. The number of fused-ring (bicyclic) bond motifs is 3. The van der Waals surface area contributed by atoms with Gasteiger partial charge in [-0.1, -0.05) is 12.1 Å². The molecule has 0 aliphatic carbocycles. The van der Waals surface area contributed by atoms with Gasteiger partial charge in [0, 0.05) is 20.3 Å². The highest BCUT2D eigenvalue weighted by atomic mass is 16.5. The fraction of sp³-hybridized carbons (Fsp3) is 0.235. The summed E-state index contributed by atoms with van der Waals surface area (Å²) in [6.07, 6.45) is 3.40. The SMILES string of the molecule is CN(Cc1ccnn1C)C(=O)c1ncn2c1COc1ccccc1-2. The van der Waals surface area contributed by atoms with E-state index in [1.807, 2.05) is 41.9 Å². The van der Waals surface area contributed by atoms with Crippen LogP contribution in [0.25, 0.3) is 5.69 Å². The molecule has 0 saturated carbocycles. The number of imidazole rings is 1. The van der Waals surface area contributed by atoms with Crippen LogP contribution in [0.5, 0.6) is 5.75 Å². The van der Waals surface area contributed by atoms with Crippen LogP contribution in [0.4, 0.5) is 0 Å². The van der Waals surface area contributed by atoms with Crippen LogP contribution < -0.4 is 4.74 Å². The minimum Gasteiger partial charge on any atom is -0.485 e. The lowest BCUT2D eigenvalue weighted by Gasteiger charge is -2.21. The zero-order chi connectivity index (χ0) is 16.7. The average Bonchev–Trinajstić information content (AvgIpc) is 3.21. The van der Waals surface area contributed by atoms with Crippen molar-refractivity contribution >= 4 is 5.91 Å². The third-order valence-corrected chi connectivity index (χ3v) is 4.23. The van der Waals surface area contributed by atoms with Gasteiger partial charge in [0.15, 0.2) is 5.69 Å². The molecule has 7 heteroatoms. The third-order valence-electron chi connectivity index (χ3n) is 4.23. The zero-order valence-corrected chi connectivity index (χ0v) is 13.5. The fourth-order valence-corrected chi connectivity index (χ4v) is 2.87. The molecule has 0 spiro atoms. The molecular weight excluding hydrogens is 306 g/mol. The van der Waals surface area contributed by atoms with E-state index in [0.29, 0.717) is 18.8 Å². The second-order valence-corrected chi connectivity index (χ2v) is 5.77. The Morgan fingerprint density at radius 1 is 1.33 bits per heavy atom. The second kappa shape index (κ2) is 5.52. The normalized spacial score (nSPS) is 12.2. The lowest BCUT2D eigenvalue weighted by molar-refractivity contribution is 0.0773. The van der Waals surface area contributed by atoms with Crippen LogP contribution >= 0.6 is 0 Å². The molecule has 2 aromatic heterocycles. The largest absolute Gasteiger partial charge is 0.485 e. The molecule has 0 unspecified atom stereocenters. The zero-order valence-electron chi connectivity index (χ0n) is 13.5. The Balaban J connectivity index is 1.63. The molecule has 0 radical (unpaired) electrons. The molecule has 0 saturated heterocycles. The average molecular weight is 323 g/mol. The van der Waals surface area contributed by atoms with Crippen LogP contribution in [0.3, 0.4) is 0 Å². The molecule has 24 heavy (non-hydrogen) atoms. The van der Waals surface area contributed by atoms with E-state index in [4.69, 9.17) is 4.74 Å². The highest BCUT2D eigenvalue weighted by molar-refractivity contribution is 5.93. The number of aromatic nitrogens is 4. The summed E-state index contributed by atoms with van der Waals surface area (Å²) < 4.78 is 9.43. The Labute approximate surface area is 139 Å². The molecule has 0 bridgehead atoms. The van der Waals surface area contributed by atoms with Gasteiger partial charge in [0.25, 0.3) is 5.91 Å². The van der Waals surface area contributed by atoms with Gasteiger partial charge in [-0.05, 0) is 18.2 Å². The Morgan fingerprint density at radius 2 is 2.17 bits per heavy atom. The van der Waals surface area contributed by atoms with Gasteiger partial charge in [-0.3, -0.25) is 14.0 Å². The molecule has 1 aromatic carbocycles. The molecule has 0 atom stereocenters. The van der Waals surface area contributed by atoms with E-state index in [0.717, 1.165) is 22.8 Å². The first-order chi connectivity index (χ1) is 11.6. The van der Waals surface area contributed by atoms with Crippen molar-refractivity contribution in [3.8, 4) is 11.4 Å². The van der Waals surface area contributed by atoms with E-state index < -0.39 is 0 Å². The minimum atomic E-state index is -0.132. The number of hydrogen-bond donors (Lipinski definition) is 0. The van der Waals surface area contributed by atoms with E-state index in [2.05, 4.69) is 10.1 Å². The first-order valence-electron chi connectivity index (χ1n) is 7.66. The number of aryl methyl sites for hydroxylation is 1. The first-order valence-corrected chi connectivity index (χ1v) is 7.66. The number of carbonyl (C=O) groups excluding carboxylic acids is 1. The van der Waals surface area contributed by atoms with Crippen molar-refractivity contribution in [1.82, 2.24) is 24.2 Å². The standard InChI is InChI=1S/C17H17N5O2/c1-20(9-12-7-8-19-21(12)2)17(23)16-14-10-24-15-6-4-3-5-13(15)22(14)11-18-16/h3-8,11H,9-10H2,1-2H3. The van der Waals surface area contributed by atoms with Crippen LogP contribution in [0.2, 0.25) is 0 Å². The van der Waals surface area contributed by atoms with E-state index in [-0.39, 0.29) is 5.91 Å². The smallest absolute Gasteiger partial charge is 0.274 e. The molecule has 1 aliphatic heterocycles. The number of nitrogens with zero attached hydrogens (tertiary/aromatic N) is 5. The van der Waals surface area contributed by atoms with Crippen molar-refractivity contribution in [2.45, 2.75) is 13.2 Å². The van der Waals surface area contributed by atoms with Gasteiger partial charge in [0.05, 0.1) is 23.6 Å². The van der Waals surface area contributed by atoms with Crippen molar-refractivity contribution in [3.63, 3.8) is 0 Å². The van der Waals surface area contributed by atoms with Crippen molar-refractivity contribution in [1.29, 1.82) is 0 Å². The number of carbonyl (C=O) groups is 1. The summed E-state index contributed by atoms with van der Waals surface area (Å²) in [7, 11) is 3.62. The number of rotatable bonds is 3. The van der Waals surface area contributed by atoms with Crippen LogP contribution in [0.1, 0.15) is 21.9 Å². The van der Waals surface area contributed by atoms with Gasteiger partial charge in [-0.25, -0.2) is 4.98 Å². The van der Waals surface area contributed by atoms with E-state index in [1.54, 1.807) is 29.2 Å². The number of amides is 1. The number of hydrogen-bond acceptors (Lipinski definition) is 4. The molecule has 3 heterocycles. The molecule has 1 amide bonds. The van der Waals surface area contributed by atoms with Gasteiger partial charge >= 0.3 is 0 Å². The van der Waals surface area contributed by atoms with Crippen molar-refractivity contribution in [2.24, 2.45) is 7.05 Å². The molecule has 0 N–H and O–H groups in total. The minimum absolute atomic E-state index is 0.132. The highest BCUT2D eigenvalue weighted by Crippen LogP contribution is 2.30. The third kappa shape index (κ3) is 2.25. The van der Waals surface area contributed by atoms with E-state index in [1.165, 1.54) is 0 Å². The topological polar surface area (TPSA) is 65.2 Å². The van der Waals surface area contributed by atoms with Crippen LogP contribution in [-0.2, 0) is 20.2 Å². The second-order valence-electron chi connectivity index (χ2n) is 5.77. The van der Waals surface area contributed by atoms with Gasteiger partial charge < -0.3 is 9.64 Å². The first kappa shape index (κ1) is 14.5. The molecule has 4 rings (SSSR count). The summed E-state index contributed by atoms with van der Waals surface area (Å²) in [5, 5.41) is 4.13. The summed E-state index contributed by atoms with van der Waals surface area (Å²) in [6, 6.07) is 9.62. The summed E-state index contributed by atoms with van der Waals surface area (Å²) in [5.41, 5.74) is 3.06. The fourth-order valence-electron chi connectivity index (χ4n) is 2.87. The van der Waals surface area contributed by atoms with Gasteiger partial charge in [-0.2, -0.15) is 5.10 Å². The Morgan fingerprint density at radius 3 is 2.96 bits per heavy atom. The number of benzene rings is 1. The molecular formula is C17H17N5O2. The Kier molecular flexibility index (Phi) is 3.34.